The van der Waals surface area contributed by atoms with Crippen molar-refractivity contribution in [3.05, 3.63) is 16.8 Å². The molecule has 112 valence electrons. The van der Waals surface area contributed by atoms with Crippen LogP contribution in [0.25, 0.3) is 10.2 Å². The van der Waals surface area contributed by atoms with Gasteiger partial charge in [0.1, 0.15) is 21.1 Å². The Morgan fingerprint density at radius 3 is 2.71 bits per heavy atom. The smallest absolute Gasteiger partial charge is 0.346 e. The molecule has 2 aromatic rings. The summed E-state index contributed by atoms with van der Waals surface area (Å²) in [4.78, 5) is 33.6. The summed E-state index contributed by atoms with van der Waals surface area (Å²) < 4.78 is 0. The number of carbonyl (C=O) groups excluding carboxylic acids is 1. The van der Waals surface area contributed by atoms with Crippen LogP contribution in [0.1, 0.15) is 21.7 Å². The van der Waals surface area contributed by atoms with Gasteiger partial charge in [0, 0.05) is 31.7 Å². The Morgan fingerprint density at radius 1 is 1.38 bits per heavy atom. The van der Waals surface area contributed by atoms with Gasteiger partial charge in [-0.25, -0.2) is 14.8 Å². The van der Waals surface area contributed by atoms with Crippen LogP contribution in [0.5, 0.6) is 0 Å². The van der Waals surface area contributed by atoms with E-state index in [2.05, 4.69) is 9.97 Å². The molecule has 0 saturated heterocycles. The number of fused-ring (bicyclic) bond motifs is 1. The maximum Gasteiger partial charge on any atom is 0.346 e. The normalized spacial score (nSPS) is 10.8. The van der Waals surface area contributed by atoms with E-state index >= 15 is 0 Å². The van der Waals surface area contributed by atoms with Gasteiger partial charge < -0.3 is 10.0 Å². The van der Waals surface area contributed by atoms with Crippen LogP contribution in [0, 0.1) is 6.92 Å². The van der Waals surface area contributed by atoms with E-state index < -0.39 is 5.97 Å². The minimum absolute atomic E-state index is 0.0565. The maximum absolute atomic E-state index is 11.6. The molecule has 0 bridgehead atoms. The summed E-state index contributed by atoms with van der Waals surface area (Å²) in [5.41, 5.74) is 0.685. The molecule has 0 radical (unpaired) electrons. The number of carbonyl (C=O) groups is 2. The van der Waals surface area contributed by atoms with Crippen molar-refractivity contribution in [2.75, 3.05) is 19.8 Å². The summed E-state index contributed by atoms with van der Waals surface area (Å²) in [5.74, 6) is -0.295. The zero-order valence-electron chi connectivity index (χ0n) is 11.9. The van der Waals surface area contributed by atoms with Crippen LogP contribution in [-0.4, -0.2) is 51.7 Å². The van der Waals surface area contributed by atoms with Crippen molar-refractivity contribution in [1.29, 1.82) is 0 Å². The highest BCUT2D eigenvalue weighted by Gasteiger charge is 2.18. The van der Waals surface area contributed by atoms with Gasteiger partial charge in [-0.15, -0.1) is 23.1 Å². The topological polar surface area (TPSA) is 83.4 Å². The summed E-state index contributed by atoms with van der Waals surface area (Å²) >= 11 is 2.60. The summed E-state index contributed by atoms with van der Waals surface area (Å²) in [6.07, 6.45) is 1.85. The van der Waals surface area contributed by atoms with E-state index in [-0.39, 0.29) is 10.8 Å². The van der Waals surface area contributed by atoms with E-state index in [1.54, 1.807) is 25.9 Å². The van der Waals surface area contributed by atoms with Crippen molar-refractivity contribution >= 4 is 45.2 Å². The molecule has 2 rings (SSSR count). The first-order chi connectivity index (χ1) is 9.91. The quantitative estimate of drug-likeness (QED) is 0.670. The highest BCUT2D eigenvalue weighted by atomic mass is 32.2. The van der Waals surface area contributed by atoms with Crippen molar-refractivity contribution in [3.8, 4) is 0 Å². The summed E-state index contributed by atoms with van der Waals surface area (Å²) in [5, 5.41) is 10.7. The van der Waals surface area contributed by atoms with Crippen LogP contribution in [0.3, 0.4) is 0 Å². The fraction of sp³-hybridized carbons (Fsp3) is 0.385. The lowest BCUT2D eigenvalue weighted by Crippen LogP contribution is -2.21. The predicted octanol–water partition coefficient (Wildman–Crippen LogP) is 2.27. The highest BCUT2D eigenvalue weighted by Crippen LogP contribution is 2.35. The van der Waals surface area contributed by atoms with E-state index in [4.69, 9.17) is 0 Å². The number of hydrogen-bond acceptors (Lipinski definition) is 6. The number of carboxylic acids is 1. The number of aromatic nitrogens is 2. The lowest BCUT2D eigenvalue weighted by molar-refractivity contribution is -0.128. The Labute approximate surface area is 130 Å². The molecule has 8 heteroatoms. The monoisotopic (exact) mass is 325 g/mol. The van der Waals surface area contributed by atoms with Crippen molar-refractivity contribution in [2.24, 2.45) is 0 Å². The third-order valence-electron chi connectivity index (χ3n) is 2.94. The fourth-order valence-corrected chi connectivity index (χ4v) is 3.85. The lowest BCUT2D eigenvalue weighted by Gasteiger charge is -2.09. The van der Waals surface area contributed by atoms with Gasteiger partial charge in [-0.3, -0.25) is 4.79 Å². The standard InChI is InChI=1S/C13H15N3O3S2/c1-7-9-11(20-5-4-8(17)16(2)3)14-6-15-12(9)21-10(7)13(18)19/h6H,4-5H2,1-3H3,(H,18,19). The lowest BCUT2D eigenvalue weighted by atomic mass is 10.2. The summed E-state index contributed by atoms with van der Waals surface area (Å²) in [6.45, 7) is 1.76. The van der Waals surface area contributed by atoms with Crippen LogP contribution in [0.4, 0.5) is 0 Å². The van der Waals surface area contributed by atoms with Crippen LogP contribution in [-0.2, 0) is 4.79 Å². The van der Waals surface area contributed by atoms with Crippen LogP contribution in [0.2, 0.25) is 0 Å². The van der Waals surface area contributed by atoms with E-state index in [9.17, 15) is 14.7 Å². The Balaban J connectivity index is 2.24. The van der Waals surface area contributed by atoms with Gasteiger partial charge in [0.2, 0.25) is 5.91 Å². The van der Waals surface area contributed by atoms with E-state index in [0.717, 1.165) is 21.7 Å². The number of rotatable bonds is 5. The van der Waals surface area contributed by atoms with Crippen LogP contribution < -0.4 is 0 Å². The Bertz CT molecular complexity index is 697. The number of aromatic carboxylic acids is 1. The number of thiophene rings is 1. The number of hydrogen-bond donors (Lipinski definition) is 1. The van der Waals surface area contributed by atoms with Gasteiger partial charge in [0.05, 0.1) is 0 Å². The average molecular weight is 325 g/mol. The highest BCUT2D eigenvalue weighted by molar-refractivity contribution is 7.99. The van der Waals surface area contributed by atoms with Crippen LogP contribution >= 0.6 is 23.1 Å². The molecule has 0 aliphatic heterocycles. The minimum atomic E-state index is -0.950. The number of amides is 1. The number of thioether (sulfide) groups is 1. The summed E-state index contributed by atoms with van der Waals surface area (Å²) in [6, 6.07) is 0. The molecule has 0 atom stereocenters. The predicted molar refractivity (Wildman–Crippen MR) is 83.1 cm³/mol. The molecule has 0 aliphatic carbocycles. The second-order valence-electron chi connectivity index (χ2n) is 4.61. The van der Waals surface area contributed by atoms with E-state index in [1.807, 2.05) is 0 Å². The maximum atomic E-state index is 11.6. The van der Waals surface area contributed by atoms with Crippen molar-refractivity contribution in [1.82, 2.24) is 14.9 Å². The average Bonchev–Trinajstić information content (AvgIpc) is 2.77. The number of carboxylic acid groups (broad SMARTS) is 1. The fourth-order valence-electron chi connectivity index (χ4n) is 1.81. The van der Waals surface area contributed by atoms with Crippen LogP contribution in [0.15, 0.2) is 11.4 Å². The minimum Gasteiger partial charge on any atom is -0.477 e. The molecule has 0 saturated carbocycles. The molecule has 2 heterocycles. The largest absolute Gasteiger partial charge is 0.477 e. The molecule has 0 aliphatic rings. The number of aryl methyl sites for hydroxylation is 1. The SMILES string of the molecule is Cc1c(C(=O)O)sc2ncnc(SCCC(=O)N(C)C)c12. The molecule has 0 aromatic carbocycles. The third kappa shape index (κ3) is 3.33. The van der Waals surface area contributed by atoms with E-state index in [0.29, 0.717) is 22.6 Å². The molecule has 2 aromatic heterocycles. The first-order valence-corrected chi connectivity index (χ1v) is 8.02. The molecular weight excluding hydrogens is 310 g/mol. The second kappa shape index (κ2) is 6.40. The van der Waals surface area contributed by atoms with Gasteiger partial charge in [-0.1, -0.05) is 0 Å². The number of nitrogens with zero attached hydrogens (tertiary/aromatic N) is 3. The molecule has 1 amide bonds. The zero-order valence-corrected chi connectivity index (χ0v) is 13.5. The molecule has 6 nitrogen and oxygen atoms in total. The summed E-state index contributed by atoms with van der Waals surface area (Å²) in [7, 11) is 3.44. The van der Waals surface area contributed by atoms with Gasteiger partial charge in [-0.2, -0.15) is 0 Å². The zero-order chi connectivity index (χ0) is 15.6. The van der Waals surface area contributed by atoms with Gasteiger partial charge >= 0.3 is 5.97 Å². The first kappa shape index (κ1) is 15.7. The Hall–Kier alpha value is -1.67. The molecule has 0 unspecified atom stereocenters. The first-order valence-electron chi connectivity index (χ1n) is 6.22. The van der Waals surface area contributed by atoms with Gasteiger partial charge in [0.25, 0.3) is 0 Å². The van der Waals surface area contributed by atoms with Crippen molar-refractivity contribution in [2.45, 2.75) is 18.4 Å². The second-order valence-corrected chi connectivity index (χ2v) is 6.69. The molecule has 0 fully saturated rings. The molecule has 0 spiro atoms. The molecule has 1 N–H and O–H groups in total. The van der Waals surface area contributed by atoms with Gasteiger partial charge in [-0.05, 0) is 12.5 Å². The molecule has 21 heavy (non-hydrogen) atoms. The van der Waals surface area contributed by atoms with Gasteiger partial charge in [0.15, 0.2) is 0 Å². The van der Waals surface area contributed by atoms with Crippen molar-refractivity contribution < 1.29 is 14.7 Å². The Kier molecular flexibility index (Phi) is 4.79. The van der Waals surface area contributed by atoms with Crippen molar-refractivity contribution in [3.63, 3.8) is 0 Å². The molecular formula is C13H15N3O3S2. The Morgan fingerprint density at radius 2 is 2.10 bits per heavy atom. The third-order valence-corrected chi connectivity index (χ3v) is 5.12. The van der Waals surface area contributed by atoms with E-state index in [1.165, 1.54) is 18.1 Å².